The lowest BCUT2D eigenvalue weighted by molar-refractivity contribution is 0.0938. The molecule has 0 radical (unpaired) electrons. The van der Waals surface area contributed by atoms with Crippen molar-refractivity contribution in [1.82, 2.24) is 20.5 Å². The van der Waals surface area contributed by atoms with Gasteiger partial charge < -0.3 is 10.6 Å². The number of aromatic amines is 1. The molecule has 3 rings (SSSR count). The molecule has 1 aromatic heterocycles. The van der Waals surface area contributed by atoms with Crippen LogP contribution in [0.5, 0.6) is 0 Å². The zero-order valence-corrected chi connectivity index (χ0v) is 13.7. The summed E-state index contributed by atoms with van der Waals surface area (Å²) in [6, 6.07) is 13.2. The Hall–Kier alpha value is -3.22. The number of nitrogens with zero attached hydrogens (tertiary/aromatic N) is 2. The molecule has 0 aliphatic heterocycles. The lowest BCUT2D eigenvalue weighted by Crippen LogP contribution is -2.27. The number of amides is 1. The second kappa shape index (κ2) is 7.57. The average Bonchev–Trinajstić information content (AvgIpc) is 3.16. The zero-order chi connectivity index (χ0) is 17.6. The minimum absolute atomic E-state index is 0.200. The summed E-state index contributed by atoms with van der Waals surface area (Å²) >= 11 is 0. The van der Waals surface area contributed by atoms with Crippen LogP contribution >= 0.6 is 0 Å². The highest BCUT2D eigenvalue weighted by Gasteiger charge is 2.13. The van der Waals surface area contributed by atoms with Crippen LogP contribution in [0, 0.1) is 5.82 Å². The van der Waals surface area contributed by atoms with Gasteiger partial charge in [-0.15, -0.1) is 0 Å². The second-order valence-electron chi connectivity index (χ2n) is 5.63. The molecular weight excluding hydrogens is 321 g/mol. The molecule has 0 aliphatic carbocycles. The number of rotatable bonds is 6. The maximum Gasteiger partial charge on any atom is 0.251 e. The largest absolute Gasteiger partial charge is 0.381 e. The molecule has 0 saturated heterocycles. The Balaban J connectivity index is 1.62. The summed E-state index contributed by atoms with van der Waals surface area (Å²) in [6.07, 6.45) is 1.40. The monoisotopic (exact) mass is 339 g/mol. The van der Waals surface area contributed by atoms with E-state index in [0.717, 1.165) is 11.3 Å². The number of carbonyl (C=O) groups is 1. The van der Waals surface area contributed by atoms with Gasteiger partial charge in [-0.1, -0.05) is 18.2 Å². The third kappa shape index (κ3) is 4.41. The molecule has 6 nitrogen and oxygen atoms in total. The second-order valence-corrected chi connectivity index (χ2v) is 5.63. The molecule has 0 unspecified atom stereocenters. The Morgan fingerprint density at radius 1 is 1.24 bits per heavy atom. The molecule has 0 aliphatic rings. The van der Waals surface area contributed by atoms with Crippen molar-refractivity contribution >= 4 is 11.6 Å². The molecule has 128 valence electrons. The van der Waals surface area contributed by atoms with Gasteiger partial charge in [0.25, 0.3) is 5.91 Å². The fourth-order valence-electron chi connectivity index (χ4n) is 2.35. The topological polar surface area (TPSA) is 82.7 Å². The summed E-state index contributed by atoms with van der Waals surface area (Å²) in [6.45, 7) is 2.37. The first-order chi connectivity index (χ1) is 12.1. The predicted molar refractivity (Wildman–Crippen MR) is 92.4 cm³/mol. The van der Waals surface area contributed by atoms with Gasteiger partial charge in [0.1, 0.15) is 18.0 Å². The van der Waals surface area contributed by atoms with Crippen LogP contribution in [0.15, 0.2) is 54.9 Å². The Bertz CT molecular complexity index is 833. The lowest BCUT2D eigenvalue weighted by Gasteiger charge is -2.12. The number of benzene rings is 2. The van der Waals surface area contributed by atoms with E-state index in [2.05, 4.69) is 25.8 Å². The number of halogens is 1. The molecule has 3 aromatic rings. The van der Waals surface area contributed by atoms with E-state index in [0.29, 0.717) is 17.9 Å². The predicted octanol–water partition coefficient (Wildman–Crippen LogP) is 3.05. The summed E-state index contributed by atoms with van der Waals surface area (Å²) in [7, 11) is 0. The molecule has 0 bridgehead atoms. The van der Waals surface area contributed by atoms with Gasteiger partial charge in [0.2, 0.25) is 0 Å². The normalized spacial score (nSPS) is 11.8. The van der Waals surface area contributed by atoms with E-state index in [4.69, 9.17) is 0 Å². The van der Waals surface area contributed by atoms with Crippen molar-refractivity contribution in [3.05, 3.63) is 77.6 Å². The molecule has 0 spiro atoms. The van der Waals surface area contributed by atoms with Crippen LogP contribution in [0.25, 0.3) is 0 Å². The van der Waals surface area contributed by atoms with E-state index in [9.17, 15) is 9.18 Å². The van der Waals surface area contributed by atoms with E-state index < -0.39 is 0 Å². The van der Waals surface area contributed by atoms with Gasteiger partial charge in [0.15, 0.2) is 0 Å². The third-order valence-electron chi connectivity index (χ3n) is 3.73. The number of anilines is 1. The van der Waals surface area contributed by atoms with Crippen LogP contribution in [-0.4, -0.2) is 21.1 Å². The summed E-state index contributed by atoms with van der Waals surface area (Å²) in [5.74, 6) is 0.136. The number of nitrogens with one attached hydrogen (secondary N) is 3. The van der Waals surface area contributed by atoms with Gasteiger partial charge >= 0.3 is 0 Å². The fraction of sp³-hybridized carbons (Fsp3) is 0.167. The summed E-state index contributed by atoms with van der Waals surface area (Å²) < 4.78 is 12.9. The van der Waals surface area contributed by atoms with E-state index >= 15 is 0 Å². The number of H-pyrrole nitrogens is 1. The molecule has 25 heavy (non-hydrogen) atoms. The van der Waals surface area contributed by atoms with Gasteiger partial charge in [0.05, 0.1) is 6.04 Å². The summed E-state index contributed by atoms with van der Waals surface area (Å²) in [5.41, 5.74) is 2.30. The van der Waals surface area contributed by atoms with Crippen molar-refractivity contribution < 1.29 is 9.18 Å². The number of aromatic nitrogens is 3. The van der Waals surface area contributed by atoms with Crippen molar-refractivity contribution in [1.29, 1.82) is 0 Å². The lowest BCUT2D eigenvalue weighted by atomic mass is 10.1. The van der Waals surface area contributed by atoms with Gasteiger partial charge in [-0.3, -0.25) is 9.89 Å². The molecule has 0 fully saturated rings. The Labute approximate surface area is 144 Å². The Kier molecular flexibility index (Phi) is 5.03. The first-order valence-corrected chi connectivity index (χ1v) is 7.86. The highest BCUT2D eigenvalue weighted by molar-refractivity contribution is 5.95. The van der Waals surface area contributed by atoms with Gasteiger partial charge in [0, 0.05) is 17.8 Å². The number of carbonyl (C=O) groups excluding carboxylic acids is 1. The molecule has 7 heteroatoms. The van der Waals surface area contributed by atoms with E-state index in [1.165, 1.54) is 18.5 Å². The standard InChI is InChI=1S/C18H18FN5O/c1-12(17-21-11-22-24-17)23-18(25)14-3-2-4-16(9-14)20-10-13-5-7-15(19)8-6-13/h2-9,11-12,20H,10H2,1H3,(H,23,25)(H,21,22,24)/t12-/m1/s1. The van der Waals surface area contributed by atoms with Crippen molar-refractivity contribution in [2.45, 2.75) is 19.5 Å². The molecule has 2 aromatic carbocycles. The van der Waals surface area contributed by atoms with E-state index in [1.807, 2.05) is 13.0 Å². The van der Waals surface area contributed by atoms with Crippen LogP contribution in [0.2, 0.25) is 0 Å². The highest BCUT2D eigenvalue weighted by atomic mass is 19.1. The van der Waals surface area contributed by atoms with Crippen molar-refractivity contribution in [2.24, 2.45) is 0 Å². The fourth-order valence-corrected chi connectivity index (χ4v) is 2.35. The SMILES string of the molecule is C[C@@H](NC(=O)c1cccc(NCc2ccc(F)cc2)c1)c1ncn[nH]1. The van der Waals surface area contributed by atoms with Crippen LogP contribution in [-0.2, 0) is 6.54 Å². The van der Waals surface area contributed by atoms with Crippen LogP contribution in [0.3, 0.4) is 0 Å². The zero-order valence-electron chi connectivity index (χ0n) is 13.7. The molecule has 3 N–H and O–H groups in total. The number of hydrogen-bond acceptors (Lipinski definition) is 4. The van der Waals surface area contributed by atoms with Crippen LogP contribution in [0.4, 0.5) is 10.1 Å². The van der Waals surface area contributed by atoms with Gasteiger partial charge in [-0.25, -0.2) is 9.37 Å². The Morgan fingerprint density at radius 3 is 2.76 bits per heavy atom. The first-order valence-electron chi connectivity index (χ1n) is 7.86. The van der Waals surface area contributed by atoms with Crippen LogP contribution in [0.1, 0.15) is 34.7 Å². The Morgan fingerprint density at radius 2 is 2.04 bits per heavy atom. The summed E-state index contributed by atoms with van der Waals surface area (Å²) in [4.78, 5) is 16.4. The average molecular weight is 339 g/mol. The van der Waals surface area contributed by atoms with Crippen molar-refractivity contribution in [2.75, 3.05) is 5.32 Å². The minimum atomic E-state index is -0.272. The van der Waals surface area contributed by atoms with E-state index in [-0.39, 0.29) is 17.8 Å². The summed E-state index contributed by atoms with van der Waals surface area (Å²) in [5, 5.41) is 12.6. The maximum absolute atomic E-state index is 12.9. The van der Waals surface area contributed by atoms with Gasteiger partial charge in [-0.2, -0.15) is 5.10 Å². The minimum Gasteiger partial charge on any atom is -0.381 e. The molecule has 1 heterocycles. The third-order valence-corrected chi connectivity index (χ3v) is 3.73. The first kappa shape index (κ1) is 16.6. The molecule has 1 amide bonds. The van der Waals surface area contributed by atoms with Gasteiger partial charge in [-0.05, 0) is 42.8 Å². The van der Waals surface area contributed by atoms with E-state index in [1.54, 1.807) is 30.3 Å². The number of hydrogen-bond donors (Lipinski definition) is 3. The molecule has 1 atom stereocenters. The van der Waals surface area contributed by atoms with Crippen LogP contribution < -0.4 is 10.6 Å². The molecule has 0 saturated carbocycles. The quantitative estimate of drug-likeness (QED) is 0.645. The van der Waals surface area contributed by atoms with Crippen molar-refractivity contribution in [3.63, 3.8) is 0 Å². The maximum atomic E-state index is 12.9. The van der Waals surface area contributed by atoms with Crippen molar-refractivity contribution in [3.8, 4) is 0 Å². The smallest absolute Gasteiger partial charge is 0.251 e. The molecular formula is C18H18FN5O. The highest BCUT2D eigenvalue weighted by Crippen LogP contribution is 2.14.